The van der Waals surface area contributed by atoms with E-state index in [1.807, 2.05) is 0 Å². The second-order valence-corrected chi connectivity index (χ2v) is 4.77. The van der Waals surface area contributed by atoms with Crippen LogP contribution in [0.15, 0.2) is 0 Å². The van der Waals surface area contributed by atoms with Crippen LogP contribution in [0.25, 0.3) is 0 Å². The molecule has 3 unspecified atom stereocenters. The number of hydrogen-bond acceptors (Lipinski definition) is 1. The molecule has 0 aromatic carbocycles. The third kappa shape index (κ3) is 1.10. The highest BCUT2D eigenvalue weighted by atomic mass is 15.2. The van der Waals surface area contributed by atoms with Crippen LogP contribution in [0.4, 0.5) is 0 Å². The lowest BCUT2D eigenvalue weighted by Crippen LogP contribution is -2.43. The van der Waals surface area contributed by atoms with Gasteiger partial charge in [-0.25, -0.2) is 0 Å². The third-order valence-corrected chi connectivity index (χ3v) is 3.95. The summed E-state index contributed by atoms with van der Waals surface area (Å²) in [5.41, 5.74) is 0. The van der Waals surface area contributed by atoms with E-state index >= 15 is 0 Å². The summed E-state index contributed by atoms with van der Waals surface area (Å²) in [5.74, 6) is 2.09. The van der Waals surface area contributed by atoms with Crippen molar-refractivity contribution in [2.45, 2.75) is 52.1 Å². The smallest absolute Gasteiger partial charge is 0.0130 e. The maximum absolute atomic E-state index is 2.72. The van der Waals surface area contributed by atoms with Crippen molar-refractivity contribution >= 4 is 0 Å². The van der Waals surface area contributed by atoms with E-state index in [0.29, 0.717) is 0 Å². The van der Waals surface area contributed by atoms with E-state index in [1.165, 1.54) is 25.8 Å². The molecule has 1 heterocycles. The Labute approximate surface area is 76.1 Å². The van der Waals surface area contributed by atoms with Crippen molar-refractivity contribution in [2.75, 3.05) is 6.54 Å². The Hall–Kier alpha value is -0.0400. The fourth-order valence-corrected chi connectivity index (χ4v) is 3.04. The molecule has 1 nitrogen and oxygen atoms in total. The summed E-state index contributed by atoms with van der Waals surface area (Å²) >= 11 is 0. The van der Waals surface area contributed by atoms with Crippen LogP contribution in [0, 0.1) is 11.8 Å². The molecule has 0 aromatic heterocycles. The van der Waals surface area contributed by atoms with Crippen LogP contribution in [-0.4, -0.2) is 23.5 Å². The van der Waals surface area contributed by atoms with E-state index in [-0.39, 0.29) is 0 Å². The molecular formula is C11H21N. The molecule has 0 bridgehead atoms. The van der Waals surface area contributed by atoms with Crippen LogP contribution in [0.1, 0.15) is 40.0 Å². The van der Waals surface area contributed by atoms with Crippen LogP contribution in [0.5, 0.6) is 0 Å². The van der Waals surface area contributed by atoms with E-state index in [9.17, 15) is 0 Å². The van der Waals surface area contributed by atoms with Gasteiger partial charge in [0.1, 0.15) is 0 Å². The molecule has 0 spiro atoms. The maximum atomic E-state index is 2.72. The number of hydrogen-bond donors (Lipinski definition) is 0. The van der Waals surface area contributed by atoms with Crippen molar-refractivity contribution < 1.29 is 0 Å². The topological polar surface area (TPSA) is 3.24 Å². The van der Waals surface area contributed by atoms with Crippen molar-refractivity contribution in [3.8, 4) is 0 Å². The second-order valence-electron chi connectivity index (χ2n) is 4.77. The minimum Gasteiger partial charge on any atom is -0.297 e. The Morgan fingerprint density at radius 2 is 2.08 bits per heavy atom. The Morgan fingerprint density at radius 1 is 1.33 bits per heavy atom. The molecular weight excluding hydrogens is 146 g/mol. The summed E-state index contributed by atoms with van der Waals surface area (Å²) in [5, 5.41) is 0. The van der Waals surface area contributed by atoms with Crippen molar-refractivity contribution in [1.29, 1.82) is 0 Å². The van der Waals surface area contributed by atoms with Gasteiger partial charge in [-0.3, -0.25) is 4.90 Å². The fourth-order valence-electron chi connectivity index (χ4n) is 3.04. The SMILES string of the molecule is CCC1CN(C(C)C)C2CCC12. The molecule has 0 radical (unpaired) electrons. The van der Waals surface area contributed by atoms with Gasteiger partial charge in [-0.15, -0.1) is 0 Å². The third-order valence-electron chi connectivity index (χ3n) is 3.95. The Balaban J connectivity index is 2.02. The molecule has 2 fully saturated rings. The number of likely N-dealkylation sites (tertiary alicyclic amines) is 1. The van der Waals surface area contributed by atoms with Gasteiger partial charge in [0.25, 0.3) is 0 Å². The van der Waals surface area contributed by atoms with Crippen molar-refractivity contribution in [3.63, 3.8) is 0 Å². The maximum Gasteiger partial charge on any atom is 0.0130 e. The molecule has 0 N–H and O–H groups in total. The van der Waals surface area contributed by atoms with Gasteiger partial charge in [0, 0.05) is 18.6 Å². The molecule has 0 aromatic rings. The molecule has 1 saturated heterocycles. The lowest BCUT2D eigenvalue weighted by atomic mass is 9.74. The van der Waals surface area contributed by atoms with E-state index in [1.54, 1.807) is 0 Å². The average Bonchev–Trinajstić information content (AvgIpc) is 2.22. The van der Waals surface area contributed by atoms with Gasteiger partial charge in [-0.1, -0.05) is 13.3 Å². The summed E-state index contributed by atoms with van der Waals surface area (Å²) in [6, 6.07) is 1.74. The molecule has 1 heteroatoms. The Kier molecular flexibility index (Phi) is 2.16. The van der Waals surface area contributed by atoms with E-state index < -0.39 is 0 Å². The van der Waals surface area contributed by atoms with E-state index in [4.69, 9.17) is 0 Å². The zero-order valence-electron chi connectivity index (χ0n) is 8.59. The van der Waals surface area contributed by atoms with Gasteiger partial charge in [0.2, 0.25) is 0 Å². The normalized spacial score (nSPS) is 41.5. The average molecular weight is 167 g/mol. The first kappa shape index (κ1) is 8.55. The quantitative estimate of drug-likeness (QED) is 0.611. The highest BCUT2D eigenvalue weighted by molar-refractivity contribution is 5.00. The van der Waals surface area contributed by atoms with Gasteiger partial charge < -0.3 is 0 Å². The van der Waals surface area contributed by atoms with Gasteiger partial charge in [0.15, 0.2) is 0 Å². The Bertz CT molecular complexity index is 162. The van der Waals surface area contributed by atoms with Gasteiger partial charge in [-0.2, -0.15) is 0 Å². The van der Waals surface area contributed by atoms with Crippen LogP contribution in [0.3, 0.4) is 0 Å². The second kappa shape index (κ2) is 3.02. The monoisotopic (exact) mass is 167 g/mol. The van der Waals surface area contributed by atoms with Crippen LogP contribution in [0.2, 0.25) is 0 Å². The van der Waals surface area contributed by atoms with Crippen LogP contribution in [-0.2, 0) is 0 Å². The number of nitrogens with zero attached hydrogens (tertiary/aromatic N) is 1. The number of rotatable bonds is 2. The zero-order valence-corrected chi connectivity index (χ0v) is 8.59. The highest BCUT2D eigenvalue weighted by Gasteiger charge is 2.46. The lowest BCUT2D eigenvalue weighted by Gasteiger charge is -2.39. The molecule has 70 valence electrons. The highest BCUT2D eigenvalue weighted by Crippen LogP contribution is 2.45. The molecule has 2 aliphatic rings. The summed E-state index contributed by atoms with van der Waals surface area (Å²) in [6.07, 6.45) is 4.37. The van der Waals surface area contributed by atoms with Crippen molar-refractivity contribution in [1.82, 2.24) is 4.90 Å². The van der Waals surface area contributed by atoms with Crippen molar-refractivity contribution in [2.24, 2.45) is 11.8 Å². The summed E-state index contributed by atoms with van der Waals surface area (Å²) < 4.78 is 0. The minimum atomic E-state index is 0.773. The van der Waals surface area contributed by atoms with Crippen molar-refractivity contribution in [3.05, 3.63) is 0 Å². The van der Waals surface area contributed by atoms with Gasteiger partial charge >= 0.3 is 0 Å². The molecule has 1 saturated carbocycles. The molecule has 3 atom stereocenters. The minimum absolute atomic E-state index is 0.773. The molecule has 1 aliphatic heterocycles. The summed E-state index contributed by atoms with van der Waals surface area (Å²) in [4.78, 5) is 2.72. The van der Waals surface area contributed by atoms with Gasteiger partial charge in [-0.05, 0) is 38.5 Å². The van der Waals surface area contributed by atoms with Crippen LogP contribution < -0.4 is 0 Å². The molecule has 12 heavy (non-hydrogen) atoms. The largest absolute Gasteiger partial charge is 0.297 e. The first-order valence-corrected chi connectivity index (χ1v) is 5.49. The lowest BCUT2D eigenvalue weighted by molar-refractivity contribution is 0.109. The number of fused-ring (bicyclic) bond motifs is 1. The van der Waals surface area contributed by atoms with Gasteiger partial charge in [0.05, 0.1) is 0 Å². The fraction of sp³-hybridized carbons (Fsp3) is 1.00. The zero-order chi connectivity index (χ0) is 8.72. The summed E-state index contributed by atoms with van der Waals surface area (Å²) in [6.45, 7) is 8.41. The Morgan fingerprint density at radius 3 is 2.33 bits per heavy atom. The molecule has 0 amide bonds. The molecule has 1 aliphatic carbocycles. The predicted molar refractivity (Wildman–Crippen MR) is 52.1 cm³/mol. The van der Waals surface area contributed by atoms with E-state index in [2.05, 4.69) is 25.7 Å². The molecule has 2 rings (SSSR count). The first-order valence-electron chi connectivity index (χ1n) is 5.49. The van der Waals surface area contributed by atoms with E-state index in [0.717, 1.165) is 23.9 Å². The van der Waals surface area contributed by atoms with Crippen LogP contribution >= 0.6 is 0 Å². The standard InChI is InChI=1S/C11H21N/c1-4-9-7-12(8(2)3)11-6-5-10(9)11/h8-11H,4-7H2,1-3H3. The predicted octanol–water partition coefficient (Wildman–Crippen LogP) is 2.52. The summed E-state index contributed by atoms with van der Waals surface area (Å²) in [7, 11) is 0. The first-order chi connectivity index (χ1) is 5.74.